The van der Waals surface area contributed by atoms with Gasteiger partial charge in [0, 0.05) is 18.7 Å². The Morgan fingerprint density at radius 1 is 1.08 bits per heavy atom. The molecule has 1 saturated heterocycles. The number of hydrogen-bond acceptors (Lipinski definition) is 4. The first-order valence-electron chi connectivity index (χ1n) is 8.24. The summed E-state index contributed by atoms with van der Waals surface area (Å²) in [5.74, 6) is 1.63. The van der Waals surface area contributed by atoms with E-state index in [0.717, 1.165) is 48.8 Å². The molecule has 0 radical (unpaired) electrons. The lowest BCUT2D eigenvalue weighted by atomic mass is 10.1. The minimum atomic E-state index is 0.0923. The number of para-hydroxylation sites is 2. The molecule has 0 unspecified atom stereocenters. The number of carbonyl (C=O) groups is 1. The number of fused-ring (bicyclic) bond motifs is 1. The number of ether oxygens (including phenoxy) is 2. The van der Waals surface area contributed by atoms with Crippen LogP contribution < -0.4 is 14.4 Å². The van der Waals surface area contributed by atoms with Crippen molar-refractivity contribution in [1.29, 1.82) is 0 Å². The molecule has 2 aromatic rings. The molecule has 24 heavy (non-hydrogen) atoms. The van der Waals surface area contributed by atoms with Gasteiger partial charge in [-0.15, -0.1) is 0 Å². The molecule has 2 heterocycles. The fraction of sp³-hybridized carbons (Fsp3) is 0.316. The molecule has 0 spiro atoms. The van der Waals surface area contributed by atoms with Crippen LogP contribution in [0.5, 0.6) is 11.5 Å². The standard InChI is InChI=1S/C19H20N2O3/c1-23-17-7-3-2-6-15(17)21-13-24-18-12-14(8-9-16(18)21)19(22)20-10-4-5-11-20/h2-3,6-9,12H,4-5,10-11,13H2,1H3. The summed E-state index contributed by atoms with van der Waals surface area (Å²) in [6, 6.07) is 13.5. The van der Waals surface area contributed by atoms with E-state index in [1.54, 1.807) is 7.11 Å². The Labute approximate surface area is 141 Å². The van der Waals surface area contributed by atoms with Gasteiger partial charge in [-0.25, -0.2) is 0 Å². The van der Waals surface area contributed by atoms with Gasteiger partial charge >= 0.3 is 0 Å². The molecule has 0 atom stereocenters. The normalized spacial score (nSPS) is 16.0. The van der Waals surface area contributed by atoms with Gasteiger partial charge in [-0.1, -0.05) is 12.1 Å². The van der Waals surface area contributed by atoms with Crippen molar-refractivity contribution in [2.24, 2.45) is 0 Å². The van der Waals surface area contributed by atoms with Gasteiger partial charge in [-0.2, -0.15) is 0 Å². The number of rotatable bonds is 3. The molecule has 0 saturated carbocycles. The van der Waals surface area contributed by atoms with Gasteiger partial charge < -0.3 is 19.3 Å². The zero-order valence-corrected chi connectivity index (χ0v) is 13.7. The van der Waals surface area contributed by atoms with Crippen molar-refractivity contribution in [2.45, 2.75) is 12.8 Å². The van der Waals surface area contributed by atoms with E-state index in [4.69, 9.17) is 9.47 Å². The zero-order valence-electron chi connectivity index (χ0n) is 13.7. The molecule has 5 heteroatoms. The fourth-order valence-corrected chi connectivity index (χ4v) is 3.34. The number of nitrogens with zero attached hydrogens (tertiary/aromatic N) is 2. The smallest absolute Gasteiger partial charge is 0.253 e. The second-order valence-electron chi connectivity index (χ2n) is 6.06. The van der Waals surface area contributed by atoms with Crippen molar-refractivity contribution in [3.8, 4) is 11.5 Å². The molecule has 1 amide bonds. The van der Waals surface area contributed by atoms with Crippen LogP contribution in [0.25, 0.3) is 0 Å². The van der Waals surface area contributed by atoms with Crippen molar-refractivity contribution in [3.05, 3.63) is 48.0 Å². The van der Waals surface area contributed by atoms with E-state index in [0.29, 0.717) is 12.3 Å². The van der Waals surface area contributed by atoms with Gasteiger partial charge in [0.25, 0.3) is 5.91 Å². The summed E-state index contributed by atoms with van der Waals surface area (Å²) in [6.45, 7) is 2.12. The second-order valence-corrected chi connectivity index (χ2v) is 6.06. The SMILES string of the molecule is COc1ccccc1N1COc2cc(C(=O)N3CCCC3)ccc21. The van der Waals surface area contributed by atoms with E-state index in [9.17, 15) is 4.79 Å². The molecule has 0 N–H and O–H groups in total. The molecule has 2 aromatic carbocycles. The van der Waals surface area contributed by atoms with Crippen molar-refractivity contribution >= 4 is 17.3 Å². The van der Waals surface area contributed by atoms with Crippen LogP contribution in [-0.4, -0.2) is 37.7 Å². The third-order valence-corrected chi connectivity index (χ3v) is 4.62. The van der Waals surface area contributed by atoms with Crippen LogP contribution >= 0.6 is 0 Å². The van der Waals surface area contributed by atoms with E-state index in [-0.39, 0.29) is 5.91 Å². The first kappa shape index (κ1) is 14.9. The van der Waals surface area contributed by atoms with E-state index in [1.165, 1.54) is 0 Å². The maximum absolute atomic E-state index is 12.5. The summed E-state index contributed by atoms with van der Waals surface area (Å²) >= 11 is 0. The van der Waals surface area contributed by atoms with Crippen molar-refractivity contribution in [1.82, 2.24) is 4.90 Å². The summed E-state index contributed by atoms with van der Waals surface area (Å²) in [5.41, 5.74) is 2.60. The number of hydrogen-bond donors (Lipinski definition) is 0. The van der Waals surface area contributed by atoms with E-state index < -0.39 is 0 Å². The Kier molecular flexibility index (Phi) is 3.76. The molecule has 124 valence electrons. The molecule has 0 bridgehead atoms. The van der Waals surface area contributed by atoms with Gasteiger partial charge in [0.2, 0.25) is 0 Å². The molecule has 0 aliphatic carbocycles. The maximum atomic E-state index is 12.5. The molecular formula is C19H20N2O3. The van der Waals surface area contributed by atoms with Crippen LogP contribution in [0.15, 0.2) is 42.5 Å². The van der Waals surface area contributed by atoms with E-state index >= 15 is 0 Å². The van der Waals surface area contributed by atoms with Crippen LogP contribution in [0.4, 0.5) is 11.4 Å². The maximum Gasteiger partial charge on any atom is 0.253 e. The largest absolute Gasteiger partial charge is 0.495 e. The zero-order chi connectivity index (χ0) is 16.5. The van der Waals surface area contributed by atoms with E-state index in [2.05, 4.69) is 4.90 Å². The Morgan fingerprint density at radius 2 is 1.88 bits per heavy atom. The first-order valence-corrected chi connectivity index (χ1v) is 8.24. The highest BCUT2D eigenvalue weighted by Gasteiger charge is 2.27. The number of amides is 1. The number of likely N-dealkylation sites (tertiary alicyclic amines) is 1. The Hall–Kier alpha value is -2.69. The molecule has 2 aliphatic heterocycles. The Morgan fingerprint density at radius 3 is 2.67 bits per heavy atom. The third kappa shape index (κ3) is 2.46. The highest BCUT2D eigenvalue weighted by molar-refractivity contribution is 5.96. The minimum Gasteiger partial charge on any atom is -0.495 e. The number of benzene rings is 2. The van der Waals surface area contributed by atoms with Crippen LogP contribution in [0.3, 0.4) is 0 Å². The fourth-order valence-electron chi connectivity index (χ4n) is 3.34. The first-order chi connectivity index (χ1) is 11.8. The summed E-state index contributed by atoms with van der Waals surface area (Å²) in [6.07, 6.45) is 2.18. The summed E-state index contributed by atoms with van der Waals surface area (Å²) in [7, 11) is 1.66. The van der Waals surface area contributed by atoms with Crippen molar-refractivity contribution < 1.29 is 14.3 Å². The topological polar surface area (TPSA) is 42.0 Å². The highest BCUT2D eigenvalue weighted by atomic mass is 16.5. The lowest BCUT2D eigenvalue weighted by molar-refractivity contribution is 0.0792. The van der Waals surface area contributed by atoms with Crippen LogP contribution in [0.2, 0.25) is 0 Å². The highest BCUT2D eigenvalue weighted by Crippen LogP contribution is 2.42. The van der Waals surface area contributed by atoms with Gasteiger partial charge in [-0.3, -0.25) is 4.79 Å². The molecule has 4 rings (SSSR count). The lowest BCUT2D eigenvalue weighted by Gasteiger charge is -2.19. The number of methoxy groups -OCH3 is 1. The lowest BCUT2D eigenvalue weighted by Crippen LogP contribution is -2.27. The van der Waals surface area contributed by atoms with Crippen molar-refractivity contribution in [2.75, 3.05) is 31.8 Å². The average Bonchev–Trinajstić information content (AvgIpc) is 3.30. The molecule has 2 aliphatic rings. The molecular weight excluding hydrogens is 304 g/mol. The van der Waals surface area contributed by atoms with Crippen LogP contribution in [0, 0.1) is 0 Å². The Balaban J connectivity index is 1.64. The monoisotopic (exact) mass is 324 g/mol. The average molecular weight is 324 g/mol. The number of carbonyl (C=O) groups excluding carboxylic acids is 1. The third-order valence-electron chi connectivity index (χ3n) is 4.62. The minimum absolute atomic E-state index is 0.0923. The number of anilines is 2. The summed E-state index contributed by atoms with van der Waals surface area (Å²) < 4.78 is 11.3. The molecule has 0 aromatic heterocycles. The molecule has 1 fully saturated rings. The Bertz CT molecular complexity index is 769. The van der Waals surface area contributed by atoms with Gasteiger partial charge in [0.05, 0.1) is 18.5 Å². The van der Waals surface area contributed by atoms with Crippen LogP contribution in [0.1, 0.15) is 23.2 Å². The van der Waals surface area contributed by atoms with Gasteiger partial charge in [0.15, 0.2) is 6.73 Å². The second kappa shape index (κ2) is 6.07. The van der Waals surface area contributed by atoms with Crippen LogP contribution in [-0.2, 0) is 0 Å². The quantitative estimate of drug-likeness (QED) is 0.867. The van der Waals surface area contributed by atoms with Crippen molar-refractivity contribution in [3.63, 3.8) is 0 Å². The van der Waals surface area contributed by atoms with E-state index in [1.807, 2.05) is 47.4 Å². The summed E-state index contributed by atoms with van der Waals surface area (Å²) in [4.78, 5) is 16.5. The van der Waals surface area contributed by atoms with Gasteiger partial charge in [-0.05, 0) is 43.2 Å². The summed E-state index contributed by atoms with van der Waals surface area (Å²) in [5, 5.41) is 0. The molecule has 5 nitrogen and oxygen atoms in total. The predicted molar refractivity (Wildman–Crippen MR) is 92.2 cm³/mol. The predicted octanol–water partition coefficient (Wildman–Crippen LogP) is 3.42. The van der Waals surface area contributed by atoms with Gasteiger partial charge in [0.1, 0.15) is 11.5 Å².